The van der Waals surface area contributed by atoms with Crippen molar-refractivity contribution in [1.82, 2.24) is 5.01 Å². The fraction of sp³-hybridized carbons (Fsp3) is 0.200. The molecule has 0 atom stereocenters. The number of aliphatic imine (C=N–C) groups is 1. The van der Waals surface area contributed by atoms with Crippen molar-refractivity contribution < 1.29 is 9.21 Å². The molecule has 3 aromatic rings. The summed E-state index contributed by atoms with van der Waals surface area (Å²) in [6.45, 7) is 2.16. The molecule has 1 amide bonds. The lowest BCUT2D eigenvalue weighted by Crippen LogP contribution is -2.35. The number of hydrazone groups is 1. The van der Waals surface area contributed by atoms with E-state index in [2.05, 4.69) is 41.3 Å². The van der Waals surface area contributed by atoms with Crippen LogP contribution >= 0.6 is 23.5 Å². The fourth-order valence-electron chi connectivity index (χ4n) is 3.66. The molecule has 2 aliphatic heterocycles. The average molecular weight is 475 g/mol. The molecule has 3 heterocycles. The summed E-state index contributed by atoms with van der Waals surface area (Å²) in [5.41, 5.74) is 0.175. The molecule has 0 radical (unpaired) electrons. The predicted molar refractivity (Wildman–Crippen MR) is 136 cm³/mol. The van der Waals surface area contributed by atoms with Crippen LogP contribution in [0.3, 0.4) is 0 Å². The Bertz CT molecular complexity index is 1330. The maximum Gasteiger partial charge on any atom is 0.283 e. The summed E-state index contributed by atoms with van der Waals surface area (Å²) in [5.74, 6) is 0.0922. The number of hydrogen-bond donors (Lipinski definition) is 1. The van der Waals surface area contributed by atoms with E-state index in [1.54, 1.807) is 12.1 Å². The van der Waals surface area contributed by atoms with E-state index in [0.717, 1.165) is 41.0 Å². The summed E-state index contributed by atoms with van der Waals surface area (Å²) < 4.78 is 5.96. The van der Waals surface area contributed by atoms with E-state index in [1.807, 2.05) is 24.3 Å². The van der Waals surface area contributed by atoms with Gasteiger partial charge in [0.15, 0.2) is 10.9 Å². The quantitative estimate of drug-likeness (QED) is 0.301. The first-order valence-electron chi connectivity index (χ1n) is 10.9. The number of rotatable bonds is 7. The van der Waals surface area contributed by atoms with Gasteiger partial charge in [0.1, 0.15) is 10.8 Å². The second-order valence-electron chi connectivity index (χ2n) is 7.71. The standard InChI is InChI=1S/C25H22N4O2S2/c1-2-3-4-12-21-28-29-23(26)19(24(30)27-25(29)33-21)15-17-13-14-22(31-17)32-20-11-7-9-16-8-5-6-10-18(16)20/h5-11,13-15,26H,2-4,12H2,1H3/b19-15-,26-23?. The van der Waals surface area contributed by atoms with Crippen molar-refractivity contribution >= 4 is 62.3 Å². The first kappa shape index (κ1) is 21.7. The number of nitrogens with zero attached hydrogens (tertiary/aromatic N) is 3. The van der Waals surface area contributed by atoms with E-state index in [1.165, 1.54) is 33.9 Å². The second kappa shape index (κ2) is 9.41. The van der Waals surface area contributed by atoms with Crippen LogP contribution in [-0.2, 0) is 4.79 Å². The number of amidine groups is 2. The van der Waals surface area contributed by atoms with Gasteiger partial charge in [-0.15, -0.1) is 0 Å². The second-order valence-corrected chi connectivity index (χ2v) is 9.79. The van der Waals surface area contributed by atoms with Gasteiger partial charge in [-0.3, -0.25) is 10.2 Å². The molecule has 2 aliphatic rings. The highest BCUT2D eigenvalue weighted by Gasteiger charge is 2.35. The number of furan rings is 1. The molecule has 2 aromatic carbocycles. The number of nitrogens with one attached hydrogen (secondary N) is 1. The van der Waals surface area contributed by atoms with E-state index >= 15 is 0 Å². The van der Waals surface area contributed by atoms with Gasteiger partial charge >= 0.3 is 0 Å². The van der Waals surface area contributed by atoms with Crippen LogP contribution in [0.1, 0.15) is 38.4 Å². The van der Waals surface area contributed by atoms with Crippen molar-refractivity contribution in [2.45, 2.75) is 42.6 Å². The van der Waals surface area contributed by atoms with Gasteiger partial charge < -0.3 is 4.42 Å². The van der Waals surface area contributed by atoms with Crippen molar-refractivity contribution in [3.8, 4) is 0 Å². The number of hydrogen-bond acceptors (Lipinski definition) is 6. The first-order valence-corrected chi connectivity index (χ1v) is 12.5. The Hall–Kier alpha value is -3.10. The zero-order chi connectivity index (χ0) is 22.8. The smallest absolute Gasteiger partial charge is 0.283 e. The summed E-state index contributed by atoms with van der Waals surface area (Å²) in [6.07, 6.45) is 5.71. The molecule has 6 nitrogen and oxygen atoms in total. The van der Waals surface area contributed by atoms with Crippen LogP contribution in [0.4, 0.5) is 0 Å². The van der Waals surface area contributed by atoms with Crippen molar-refractivity contribution in [3.05, 3.63) is 65.9 Å². The minimum atomic E-state index is -0.441. The number of carbonyl (C=O) groups excluding carboxylic acids is 1. The van der Waals surface area contributed by atoms with Crippen LogP contribution < -0.4 is 0 Å². The number of benzene rings is 2. The number of fused-ring (bicyclic) bond motifs is 2. The number of thioether (sulfide) groups is 1. The highest BCUT2D eigenvalue weighted by atomic mass is 32.2. The zero-order valence-electron chi connectivity index (χ0n) is 18.1. The number of amides is 1. The molecule has 0 unspecified atom stereocenters. The Labute approximate surface area is 200 Å². The normalized spacial score (nSPS) is 17.0. The van der Waals surface area contributed by atoms with Crippen LogP contribution in [0, 0.1) is 5.41 Å². The summed E-state index contributed by atoms with van der Waals surface area (Å²) in [5, 5.41) is 18.9. The Kier molecular flexibility index (Phi) is 6.20. The number of carbonyl (C=O) groups is 1. The van der Waals surface area contributed by atoms with Gasteiger partial charge in [0, 0.05) is 4.90 Å². The molecule has 1 aromatic heterocycles. The Morgan fingerprint density at radius 1 is 1.12 bits per heavy atom. The van der Waals surface area contributed by atoms with Crippen molar-refractivity contribution in [3.63, 3.8) is 0 Å². The third-order valence-electron chi connectivity index (χ3n) is 5.34. The largest absolute Gasteiger partial charge is 0.450 e. The van der Waals surface area contributed by atoms with Crippen molar-refractivity contribution in [2.75, 3.05) is 0 Å². The topological polar surface area (TPSA) is 82.0 Å². The molecule has 0 saturated carbocycles. The minimum Gasteiger partial charge on any atom is -0.450 e. The summed E-state index contributed by atoms with van der Waals surface area (Å²) in [4.78, 5) is 17.9. The van der Waals surface area contributed by atoms with Gasteiger partial charge in [-0.2, -0.15) is 15.1 Å². The highest BCUT2D eigenvalue weighted by molar-refractivity contribution is 8.26. The molecule has 0 bridgehead atoms. The molecule has 0 fully saturated rings. The van der Waals surface area contributed by atoms with Gasteiger partial charge in [0.05, 0.1) is 5.57 Å². The summed E-state index contributed by atoms with van der Waals surface area (Å²) in [6, 6.07) is 18.1. The van der Waals surface area contributed by atoms with Gasteiger partial charge in [-0.05, 0) is 59.7 Å². The Balaban J connectivity index is 1.35. The van der Waals surface area contributed by atoms with E-state index < -0.39 is 5.91 Å². The molecule has 0 aliphatic carbocycles. The first-order chi connectivity index (χ1) is 16.1. The molecule has 33 heavy (non-hydrogen) atoms. The third kappa shape index (κ3) is 4.54. The molecule has 8 heteroatoms. The van der Waals surface area contributed by atoms with Crippen molar-refractivity contribution in [1.29, 1.82) is 5.41 Å². The molecule has 0 saturated heterocycles. The van der Waals surface area contributed by atoms with Gasteiger partial charge in [0.2, 0.25) is 5.17 Å². The van der Waals surface area contributed by atoms with Gasteiger partial charge in [-0.1, -0.05) is 67.9 Å². The summed E-state index contributed by atoms with van der Waals surface area (Å²) >= 11 is 2.91. The molecule has 1 N–H and O–H groups in total. The van der Waals surface area contributed by atoms with Crippen LogP contribution in [0.5, 0.6) is 0 Å². The lowest BCUT2D eigenvalue weighted by Gasteiger charge is -2.19. The number of unbranched alkanes of at least 4 members (excludes halogenated alkanes) is 2. The average Bonchev–Trinajstić information content (AvgIpc) is 3.44. The molecule has 0 spiro atoms. The Morgan fingerprint density at radius 3 is 2.85 bits per heavy atom. The van der Waals surface area contributed by atoms with Gasteiger partial charge in [0.25, 0.3) is 5.91 Å². The molecule has 166 valence electrons. The van der Waals surface area contributed by atoms with Crippen LogP contribution in [0.25, 0.3) is 16.8 Å². The monoisotopic (exact) mass is 474 g/mol. The van der Waals surface area contributed by atoms with Gasteiger partial charge in [-0.25, -0.2) is 0 Å². The van der Waals surface area contributed by atoms with E-state index in [0.29, 0.717) is 16.0 Å². The van der Waals surface area contributed by atoms with E-state index in [-0.39, 0.29) is 11.4 Å². The molecular weight excluding hydrogens is 452 g/mol. The predicted octanol–water partition coefficient (Wildman–Crippen LogP) is 6.78. The fourth-order valence-corrected chi connectivity index (χ4v) is 5.52. The molecular formula is C25H22N4O2S2. The molecule has 5 rings (SSSR count). The van der Waals surface area contributed by atoms with E-state index in [4.69, 9.17) is 9.83 Å². The van der Waals surface area contributed by atoms with E-state index in [9.17, 15) is 4.79 Å². The third-order valence-corrected chi connectivity index (χ3v) is 7.30. The minimum absolute atomic E-state index is 0.0302. The zero-order valence-corrected chi connectivity index (χ0v) is 19.7. The summed E-state index contributed by atoms with van der Waals surface area (Å²) in [7, 11) is 0. The SMILES string of the molecule is CCCCCC1=NN2C(=N)/C(=C/c3ccc(Sc4cccc5ccccc45)o3)C(=O)N=C2S1. The van der Waals surface area contributed by atoms with Crippen molar-refractivity contribution in [2.24, 2.45) is 10.1 Å². The van der Waals surface area contributed by atoms with Crippen LogP contribution in [0.15, 0.2) is 84.7 Å². The van der Waals surface area contributed by atoms with Crippen LogP contribution in [0.2, 0.25) is 0 Å². The maximum absolute atomic E-state index is 12.6. The maximum atomic E-state index is 12.6. The van der Waals surface area contributed by atoms with Crippen LogP contribution in [-0.4, -0.2) is 27.0 Å². The lowest BCUT2D eigenvalue weighted by atomic mass is 10.1. The lowest BCUT2D eigenvalue weighted by molar-refractivity contribution is -0.114. The highest BCUT2D eigenvalue weighted by Crippen LogP contribution is 2.35. The Morgan fingerprint density at radius 2 is 1.97 bits per heavy atom.